The predicted octanol–water partition coefficient (Wildman–Crippen LogP) is 3.39. The lowest BCUT2D eigenvalue weighted by Gasteiger charge is -2.17. The lowest BCUT2D eigenvalue weighted by molar-refractivity contribution is 0.319. The van der Waals surface area contributed by atoms with Crippen LogP contribution in [0.3, 0.4) is 0 Å². The number of nitrogens with two attached hydrogens (primary N) is 1. The average Bonchev–Trinajstić information content (AvgIpc) is 2.86. The molecule has 0 fully saturated rings. The molecule has 2 N–H and O–H groups in total. The molecule has 1 aliphatic carbocycles. The molecule has 0 aliphatic heterocycles. The van der Waals surface area contributed by atoms with Gasteiger partial charge in [0, 0.05) is 18.8 Å². The molecule has 0 saturated heterocycles. The van der Waals surface area contributed by atoms with Gasteiger partial charge in [0.15, 0.2) is 0 Å². The van der Waals surface area contributed by atoms with Crippen molar-refractivity contribution in [1.82, 2.24) is 4.90 Å². The van der Waals surface area contributed by atoms with Crippen LogP contribution in [0.15, 0.2) is 42.5 Å². The van der Waals surface area contributed by atoms with Crippen molar-refractivity contribution in [1.29, 1.82) is 0 Å². The maximum Gasteiger partial charge on any atom is 0.0317 e. The molecule has 20 heavy (non-hydrogen) atoms. The predicted molar refractivity (Wildman–Crippen MR) is 84.5 cm³/mol. The van der Waals surface area contributed by atoms with E-state index in [4.69, 9.17) is 5.73 Å². The van der Waals surface area contributed by atoms with E-state index in [9.17, 15) is 0 Å². The molecule has 0 spiro atoms. The zero-order valence-electron chi connectivity index (χ0n) is 12.1. The molecule has 0 amide bonds. The lowest BCUT2D eigenvalue weighted by Crippen LogP contribution is -2.17. The summed E-state index contributed by atoms with van der Waals surface area (Å²) in [6.45, 7) is 1.92. The maximum absolute atomic E-state index is 5.83. The second-order valence-corrected chi connectivity index (χ2v) is 5.87. The van der Waals surface area contributed by atoms with Crippen molar-refractivity contribution in [2.45, 2.75) is 32.4 Å². The second kappa shape index (κ2) is 5.68. The first-order valence-corrected chi connectivity index (χ1v) is 7.34. The number of hydrogen-bond donors (Lipinski definition) is 1. The summed E-state index contributed by atoms with van der Waals surface area (Å²) < 4.78 is 0. The van der Waals surface area contributed by atoms with E-state index in [1.807, 2.05) is 12.1 Å². The van der Waals surface area contributed by atoms with Crippen molar-refractivity contribution in [3.8, 4) is 0 Å². The lowest BCUT2D eigenvalue weighted by atomic mass is 10.1. The van der Waals surface area contributed by atoms with Gasteiger partial charge in [-0.15, -0.1) is 0 Å². The van der Waals surface area contributed by atoms with Crippen molar-refractivity contribution in [3.63, 3.8) is 0 Å². The summed E-state index contributed by atoms with van der Waals surface area (Å²) >= 11 is 0. The molecule has 2 aromatic rings. The summed E-state index contributed by atoms with van der Waals surface area (Å²) in [7, 11) is 2.16. The van der Waals surface area contributed by atoms with Gasteiger partial charge < -0.3 is 5.73 Å². The van der Waals surface area contributed by atoms with E-state index in [1.165, 1.54) is 30.4 Å². The number of nitrogens with zero attached hydrogens (tertiary/aromatic N) is 1. The highest BCUT2D eigenvalue weighted by Crippen LogP contribution is 2.23. The fourth-order valence-corrected chi connectivity index (χ4v) is 3.09. The Morgan fingerprint density at radius 2 is 1.70 bits per heavy atom. The van der Waals surface area contributed by atoms with Crippen LogP contribution in [0.1, 0.15) is 28.7 Å². The molecule has 104 valence electrons. The number of anilines is 1. The first-order chi connectivity index (χ1) is 9.70. The van der Waals surface area contributed by atoms with E-state index >= 15 is 0 Å². The van der Waals surface area contributed by atoms with Crippen LogP contribution >= 0.6 is 0 Å². The number of nitrogen functional groups attached to an aromatic ring is 1. The molecule has 0 unspecified atom stereocenters. The Hall–Kier alpha value is -1.80. The fraction of sp³-hybridized carbons (Fsp3) is 0.333. The Morgan fingerprint density at radius 3 is 2.50 bits per heavy atom. The van der Waals surface area contributed by atoms with Gasteiger partial charge in [0.05, 0.1) is 0 Å². The number of aryl methyl sites for hydroxylation is 2. The Morgan fingerprint density at radius 1 is 0.950 bits per heavy atom. The van der Waals surface area contributed by atoms with Gasteiger partial charge in [-0.1, -0.05) is 30.3 Å². The molecule has 2 aromatic carbocycles. The number of fused-ring (bicyclic) bond motifs is 1. The minimum Gasteiger partial charge on any atom is -0.399 e. The summed E-state index contributed by atoms with van der Waals surface area (Å²) in [5.74, 6) is 0. The molecule has 0 radical (unpaired) electrons. The standard InChI is InChI=1S/C18H22N2/c1-20(12-14-4-2-7-18(19)11-14)13-15-8-9-16-5-3-6-17(16)10-15/h2,4,7-11H,3,5-6,12-13,19H2,1H3. The van der Waals surface area contributed by atoms with E-state index in [0.29, 0.717) is 0 Å². The Bertz CT molecular complexity index is 604. The van der Waals surface area contributed by atoms with Gasteiger partial charge in [0.2, 0.25) is 0 Å². The number of rotatable bonds is 4. The van der Waals surface area contributed by atoms with E-state index in [2.05, 4.69) is 42.3 Å². The normalized spacial score (nSPS) is 13.7. The van der Waals surface area contributed by atoms with Crippen molar-refractivity contribution < 1.29 is 0 Å². The highest BCUT2D eigenvalue weighted by Gasteiger charge is 2.11. The van der Waals surface area contributed by atoms with Crippen LogP contribution in [-0.2, 0) is 25.9 Å². The molecule has 0 atom stereocenters. The van der Waals surface area contributed by atoms with Crippen LogP contribution < -0.4 is 5.73 Å². The van der Waals surface area contributed by atoms with E-state index in [1.54, 1.807) is 11.1 Å². The molecule has 0 aromatic heterocycles. The number of hydrogen-bond acceptors (Lipinski definition) is 2. The molecule has 0 heterocycles. The Labute approximate surface area is 121 Å². The zero-order chi connectivity index (χ0) is 13.9. The highest BCUT2D eigenvalue weighted by molar-refractivity contribution is 5.40. The van der Waals surface area contributed by atoms with Crippen LogP contribution in [-0.4, -0.2) is 11.9 Å². The Kier molecular flexibility index (Phi) is 3.75. The third kappa shape index (κ3) is 3.02. The molecular formula is C18H22N2. The van der Waals surface area contributed by atoms with Gasteiger partial charge in [-0.3, -0.25) is 4.90 Å². The minimum atomic E-state index is 0.841. The van der Waals surface area contributed by atoms with Gasteiger partial charge >= 0.3 is 0 Å². The molecular weight excluding hydrogens is 244 g/mol. The smallest absolute Gasteiger partial charge is 0.0317 e. The molecule has 1 aliphatic rings. The maximum atomic E-state index is 5.83. The number of benzene rings is 2. The van der Waals surface area contributed by atoms with Gasteiger partial charge in [0.1, 0.15) is 0 Å². The van der Waals surface area contributed by atoms with Gasteiger partial charge in [-0.05, 0) is 60.7 Å². The third-order valence-corrected chi connectivity index (χ3v) is 4.02. The largest absolute Gasteiger partial charge is 0.399 e. The summed E-state index contributed by atoms with van der Waals surface area (Å²) in [6, 6.07) is 15.1. The molecule has 2 heteroatoms. The second-order valence-electron chi connectivity index (χ2n) is 5.87. The molecule has 0 saturated carbocycles. The van der Waals surface area contributed by atoms with E-state index in [-0.39, 0.29) is 0 Å². The van der Waals surface area contributed by atoms with Crippen LogP contribution in [0, 0.1) is 0 Å². The quantitative estimate of drug-likeness (QED) is 0.860. The average molecular weight is 266 g/mol. The van der Waals surface area contributed by atoms with Crippen LogP contribution in [0.2, 0.25) is 0 Å². The SMILES string of the molecule is CN(Cc1cccc(N)c1)Cc1ccc2c(c1)CCC2. The van der Waals surface area contributed by atoms with Gasteiger partial charge in [-0.25, -0.2) is 0 Å². The van der Waals surface area contributed by atoms with Crippen LogP contribution in [0.5, 0.6) is 0 Å². The topological polar surface area (TPSA) is 29.3 Å². The highest BCUT2D eigenvalue weighted by atomic mass is 15.1. The van der Waals surface area contributed by atoms with Gasteiger partial charge in [-0.2, -0.15) is 0 Å². The summed E-state index contributed by atoms with van der Waals surface area (Å²) in [4.78, 5) is 2.34. The van der Waals surface area contributed by atoms with Crippen molar-refractivity contribution in [3.05, 3.63) is 64.7 Å². The molecule has 2 nitrogen and oxygen atoms in total. The Balaban J connectivity index is 1.65. The first-order valence-electron chi connectivity index (χ1n) is 7.34. The molecule has 0 bridgehead atoms. The summed E-state index contributed by atoms with van der Waals surface area (Å²) in [6.07, 6.45) is 3.83. The van der Waals surface area contributed by atoms with E-state index in [0.717, 1.165) is 18.8 Å². The van der Waals surface area contributed by atoms with Gasteiger partial charge in [0.25, 0.3) is 0 Å². The third-order valence-electron chi connectivity index (χ3n) is 4.02. The fourth-order valence-electron chi connectivity index (χ4n) is 3.09. The summed E-state index contributed by atoms with van der Waals surface area (Å²) in [5, 5.41) is 0. The first kappa shape index (κ1) is 13.2. The van der Waals surface area contributed by atoms with Crippen LogP contribution in [0.25, 0.3) is 0 Å². The van der Waals surface area contributed by atoms with E-state index < -0.39 is 0 Å². The monoisotopic (exact) mass is 266 g/mol. The molecule has 3 rings (SSSR count). The zero-order valence-corrected chi connectivity index (χ0v) is 12.1. The minimum absolute atomic E-state index is 0.841. The van der Waals surface area contributed by atoms with Crippen molar-refractivity contribution in [2.24, 2.45) is 0 Å². The summed E-state index contributed by atoms with van der Waals surface area (Å²) in [5.41, 5.74) is 12.5. The van der Waals surface area contributed by atoms with Crippen molar-refractivity contribution >= 4 is 5.69 Å². The van der Waals surface area contributed by atoms with Crippen LogP contribution in [0.4, 0.5) is 5.69 Å². The van der Waals surface area contributed by atoms with Crippen molar-refractivity contribution in [2.75, 3.05) is 12.8 Å².